The predicted octanol–water partition coefficient (Wildman–Crippen LogP) is 4.32. The maximum absolute atomic E-state index is 12.9. The first-order valence-electron chi connectivity index (χ1n) is 9.49. The fraction of sp³-hybridized carbons (Fsp3) is 0.381. The molecule has 2 aromatic heterocycles. The molecule has 0 radical (unpaired) electrons. The third-order valence-electron chi connectivity index (χ3n) is 4.86. The molecule has 0 spiro atoms. The molecule has 0 unspecified atom stereocenters. The Morgan fingerprint density at radius 1 is 1.32 bits per heavy atom. The molecule has 146 valence electrons. The predicted molar refractivity (Wildman–Crippen MR) is 115 cm³/mol. The minimum absolute atomic E-state index is 0.0208. The Balaban J connectivity index is 1.56. The van der Waals surface area contributed by atoms with Gasteiger partial charge in [0.25, 0.3) is 5.56 Å². The molecule has 5 nitrogen and oxygen atoms in total. The molecule has 7 heteroatoms. The van der Waals surface area contributed by atoms with E-state index < -0.39 is 0 Å². The average molecular weight is 414 g/mol. The number of nitrogens with zero attached hydrogens (tertiary/aromatic N) is 3. The van der Waals surface area contributed by atoms with Crippen LogP contribution in [0.5, 0.6) is 0 Å². The van der Waals surface area contributed by atoms with Gasteiger partial charge in [-0.3, -0.25) is 14.2 Å². The van der Waals surface area contributed by atoms with Crippen molar-refractivity contribution >= 4 is 39.9 Å². The molecule has 0 aliphatic heterocycles. The van der Waals surface area contributed by atoms with E-state index in [-0.39, 0.29) is 23.3 Å². The van der Waals surface area contributed by atoms with Crippen LogP contribution in [-0.2, 0) is 11.3 Å². The van der Waals surface area contributed by atoms with Gasteiger partial charge in [0, 0.05) is 18.6 Å². The van der Waals surface area contributed by atoms with Crippen molar-refractivity contribution in [3.63, 3.8) is 0 Å². The molecular formula is C21H23N3O2S2. The summed E-state index contributed by atoms with van der Waals surface area (Å²) in [6.07, 6.45) is 2.15. The van der Waals surface area contributed by atoms with E-state index in [9.17, 15) is 9.59 Å². The summed E-state index contributed by atoms with van der Waals surface area (Å²) in [7, 11) is 0. The quantitative estimate of drug-likeness (QED) is 0.428. The molecule has 1 aliphatic rings. The zero-order chi connectivity index (χ0) is 19.7. The molecule has 3 aromatic rings. The van der Waals surface area contributed by atoms with Gasteiger partial charge in [0.2, 0.25) is 5.91 Å². The van der Waals surface area contributed by atoms with Gasteiger partial charge in [0.05, 0.1) is 16.7 Å². The van der Waals surface area contributed by atoms with Crippen LogP contribution in [0.4, 0.5) is 0 Å². The lowest BCUT2D eigenvalue weighted by molar-refractivity contribution is -0.129. The Hall–Kier alpha value is -2.12. The maximum Gasteiger partial charge on any atom is 0.262 e. The van der Waals surface area contributed by atoms with Gasteiger partial charge in [-0.25, -0.2) is 4.98 Å². The van der Waals surface area contributed by atoms with Gasteiger partial charge >= 0.3 is 0 Å². The standard InChI is InChI=1S/C21H23N3O2S2/c1-14(2)24-20(26)17-5-3-4-6-18(17)22-21(24)28-13-19(25)23(16-7-8-16)11-15-9-10-27-12-15/h3-6,9-10,12,14,16H,7-8,11,13H2,1-2H3. The first-order valence-corrected chi connectivity index (χ1v) is 11.4. The van der Waals surface area contributed by atoms with Crippen molar-refractivity contribution < 1.29 is 4.79 Å². The molecule has 0 saturated heterocycles. The van der Waals surface area contributed by atoms with Crippen LogP contribution < -0.4 is 5.56 Å². The molecular weight excluding hydrogens is 390 g/mol. The average Bonchev–Trinajstić information content (AvgIpc) is 3.39. The van der Waals surface area contributed by atoms with Crippen molar-refractivity contribution in [1.82, 2.24) is 14.5 Å². The lowest BCUT2D eigenvalue weighted by Gasteiger charge is -2.22. The number of fused-ring (bicyclic) bond motifs is 1. The fourth-order valence-corrected chi connectivity index (χ4v) is 4.95. The monoisotopic (exact) mass is 413 g/mol. The highest BCUT2D eigenvalue weighted by Crippen LogP contribution is 2.30. The van der Waals surface area contributed by atoms with Crippen LogP contribution in [0.1, 0.15) is 38.3 Å². The van der Waals surface area contributed by atoms with Gasteiger partial charge in [-0.15, -0.1) is 0 Å². The van der Waals surface area contributed by atoms with Gasteiger partial charge in [-0.2, -0.15) is 11.3 Å². The third kappa shape index (κ3) is 4.00. The molecule has 28 heavy (non-hydrogen) atoms. The second-order valence-electron chi connectivity index (χ2n) is 7.35. The van der Waals surface area contributed by atoms with Gasteiger partial charge in [0.1, 0.15) is 0 Å². The number of benzene rings is 1. The largest absolute Gasteiger partial charge is 0.335 e. The summed E-state index contributed by atoms with van der Waals surface area (Å²) >= 11 is 3.01. The number of amides is 1. The number of hydrogen-bond donors (Lipinski definition) is 0. The Bertz CT molecular complexity index is 1040. The number of carbonyl (C=O) groups is 1. The molecule has 0 atom stereocenters. The van der Waals surface area contributed by atoms with E-state index in [0.717, 1.165) is 12.8 Å². The van der Waals surface area contributed by atoms with Crippen molar-refractivity contribution in [3.8, 4) is 0 Å². The van der Waals surface area contributed by atoms with E-state index >= 15 is 0 Å². The summed E-state index contributed by atoms with van der Waals surface area (Å²) in [5.74, 6) is 0.398. The van der Waals surface area contributed by atoms with Crippen LogP contribution in [0, 0.1) is 0 Å². The summed E-state index contributed by atoms with van der Waals surface area (Å²) in [6, 6.07) is 9.78. The molecule has 1 aromatic carbocycles. The number of hydrogen-bond acceptors (Lipinski definition) is 5. The zero-order valence-corrected chi connectivity index (χ0v) is 17.6. The van der Waals surface area contributed by atoms with E-state index in [4.69, 9.17) is 0 Å². The fourth-order valence-electron chi connectivity index (χ4n) is 3.28. The Morgan fingerprint density at radius 2 is 2.11 bits per heavy atom. The van der Waals surface area contributed by atoms with Crippen molar-refractivity contribution in [3.05, 3.63) is 57.0 Å². The number of para-hydroxylation sites is 1. The first-order chi connectivity index (χ1) is 13.5. The number of thioether (sulfide) groups is 1. The molecule has 1 saturated carbocycles. The number of aromatic nitrogens is 2. The molecule has 1 fully saturated rings. The number of rotatable bonds is 7. The van der Waals surface area contributed by atoms with Crippen LogP contribution in [0.2, 0.25) is 0 Å². The van der Waals surface area contributed by atoms with Crippen molar-refractivity contribution in [1.29, 1.82) is 0 Å². The molecule has 4 rings (SSSR count). The van der Waals surface area contributed by atoms with Crippen molar-refractivity contribution in [2.24, 2.45) is 0 Å². The van der Waals surface area contributed by atoms with Crippen LogP contribution in [0.25, 0.3) is 10.9 Å². The molecule has 1 amide bonds. The summed E-state index contributed by atoms with van der Waals surface area (Å²) in [5, 5.41) is 5.36. The van der Waals surface area contributed by atoms with E-state index in [1.807, 2.05) is 42.3 Å². The molecule has 0 bridgehead atoms. The smallest absolute Gasteiger partial charge is 0.262 e. The Labute approximate surface area is 172 Å². The van der Waals surface area contributed by atoms with Gasteiger partial charge in [0.15, 0.2) is 5.16 Å². The third-order valence-corrected chi connectivity index (χ3v) is 6.53. The zero-order valence-electron chi connectivity index (χ0n) is 16.0. The van der Waals surface area contributed by atoms with Gasteiger partial charge < -0.3 is 4.90 Å². The topological polar surface area (TPSA) is 55.2 Å². The summed E-state index contributed by atoms with van der Waals surface area (Å²) < 4.78 is 1.70. The Morgan fingerprint density at radius 3 is 2.79 bits per heavy atom. The maximum atomic E-state index is 12.9. The van der Waals surface area contributed by atoms with E-state index in [0.29, 0.717) is 28.6 Å². The van der Waals surface area contributed by atoms with E-state index in [1.54, 1.807) is 22.0 Å². The highest BCUT2D eigenvalue weighted by atomic mass is 32.2. The first kappa shape index (κ1) is 19.2. The minimum atomic E-state index is -0.0483. The second kappa shape index (κ2) is 8.09. The summed E-state index contributed by atoms with van der Waals surface area (Å²) in [6.45, 7) is 4.60. The number of thiophene rings is 1. The molecule has 1 aliphatic carbocycles. The van der Waals surface area contributed by atoms with Crippen LogP contribution >= 0.6 is 23.1 Å². The van der Waals surface area contributed by atoms with Gasteiger partial charge in [-0.05, 0) is 61.2 Å². The lowest BCUT2D eigenvalue weighted by Crippen LogP contribution is -2.34. The van der Waals surface area contributed by atoms with E-state index in [1.165, 1.54) is 17.3 Å². The van der Waals surface area contributed by atoms with Gasteiger partial charge in [-0.1, -0.05) is 23.9 Å². The van der Waals surface area contributed by atoms with E-state index in [2.05, 4.69) is 16.4 Å². The normalized spacial score (nSPS) is 14.0. The molecule has 2 heterocycles. The minimum Gasteiger partial charge on any atom is -0.335 e. The summed E-state index contributed by atoms with van der Waals surface area (Å²) in [5.41, 5.74) is 1.81. The SMILES string of the molecule is CC(C)n1c(SCC(=O)N(Cc2ccsc2)C2CC2)nc2ccccc2c1=O. The Kier molecular flexibility index (Phi) is 5.55. The molecule has 0 N–H and O–H groups in total. The van der Waals surface area contributed by atoms with Crippen molar-refractivity contribution in [2.75, 3.05) is 5.75 Å². The second-order valence-corrected chi connectivity index (χ2v) is 9.08. The van der Waals surface area contributed by atoms with Crippen LogP contribution in [0.3, 0.4) is 0 Å². The highest BCUT2D eigenvalue weighted by molar-refractivity contribution is 7.99. The number of carbonyl (C=O) groups excluding carboxylic acids is 1. The summed E-state index contributed by atoms with van der Waals surface area (Å²) in [4.78, 5) is 32.5. The highest BCUT2D eigenvalue weighted by Gasteiger charge is 2.32. The van der Waals surface area contributed by atoms with Crippen LogP contribution in [0.15, 0.2) is 51.0 Å². The van der Waals surface area contributed by atoms with Crippen LogP contribution in [-0.4, -0.2) is 32.2 Å². The lowest BCUT2D eigenvalue weighted by atomic mass is 10.2. The van der Waals surface area contributed by atoms with Crippen molar-refractivity contribution in [2.45, 2.75) is 50.5 Å².